The van der Waals surface area contributed by atoms with Crippen LogP contribution in [0.3, 0.4) is 0 Å². The van der Waals surface area contributed by atoms with Crippen molar-refractivity contribution in [1.82, 2.24) is 14.9 Å². The summed E-state index contributed by atoms with van der Waals surface area (Å²) in [5.74, 6) is -1.28. The number of carboxylic acid groups (broad SMARTS) is 1. The van der Waals surface area contributed by atoms with Crippen LogP contribution in [0.4, 0.5) is 0 Å². The van der Waals surface area contributed by atoms with Gasteiger partial charge in [0.2, 0.25) is 5.91 Å². The number of hydrogen-bond acceptors (Lipinski definition) is 3. The van der Waals surface area contributed by atoms with Crippen molar-refractivity contribution in [1.29, 1.82) is 0 Å². The number of carbonyl (C=O) groups is 2. The van der Waals surface area contributed by atoms with E-state index in [1.807, 2.05) is 6.07 Å². The number of aromatic amines is 1. The van der Waals surface area contributed by atoms with E-state index >= 15 is 0 Å². The standard InChI is InChI=1S/C14H17N3O3/c1-14(2,13(19)20)17(3)11(18)7-9-8-16-12-10(9)5-4-6-15-12/h4-6,8H,7H2,1-3H3,(H,15,16)(H,19,20). The summed E-state index contributed by atoms with van der Waals surface area (Å²) in [6.45, 7) is 3.01. The van der Waals surface area contributed by atoms with Gasteiger partial charge in [-0.3, -0.25) is 4.79 Å². The highest BCUT2D eigenvalue weighted by Crippen LogP contribution is 2.19. The van der Waals surface area contributed by atoms with Crippen LogP contribution in [0.2, 0.25) is 0 Å². The van der Waals surface area contributed by atoms with E-state index in [2.05, 4.69) is 9.97 Å². The second-order valence-electron chi connectivity index (χ2n) is 5.21. The van der Waals surface area contributed by atoms with Gasteiger partial charge >= 0.3 is 5.97 Å². The van der Waals surface area contributed by atoms with Crippen LogP contribution in [0.25, 0.3) is 11.0 Å². The molecular formula is C14H17N3O3. The van der Waals surface area contributed by atoms with Gasteiger partial charge in [-0.2, -0.15) is 0 Å². The van der Waals surface area contributed by atoms with Crippen molar-refractivity contribution >= 4 is 22.9 Å². The lowest BCUT2D eigenvalue weighted by Crippen LogP contribution is -2.51. The molecule has 0 bridgehead atoms. The van der Waals surface area contributed by atoms with E-state index in [0.717, 1.165) is 16.6 Å². The Morgan fingerprint density at radius 2 is 2.15 bits per heavy atom. The second-order valence-corrected chi connectivity index (χ2v) is 5.21. The van der Waals surface area contributed by atoms with Gasteiger partial charge in [0.05, 0.1) is 6.42 Å². The molecule has 2 rings (SSSR count). The summed E-state index contributed by atoms with van der Waals surface area (Å²) < 4.78 is 0. The minimum Gasteiger partial charge on any atom is -0.480 e. The maximum Gasteiger partial charge on any atom is 0.329 e. The van der Waals surface area contributed by atoms with Crippen molar-refractivity contribution in [3.05, 3.63) is 30.1 Å². The van der Waals surface area contributed by atoms with Crippen molar-refractivity contribution < 1.29 is 14.7 Å². The molecule has 2 heterocycles. The van der Waals surface area contributed by atoms with E-state index in [-0.39, 0.29) is 12.3 Å². The highest BCUT2D eigenvalue weighted by atomic mass is 16.4. The number of nitrogens with zero attached hydrogens (tertiary/aromatic N) is 2. The van der Waals surface area contributed by atoms with Crippen LogP contribution in [0.15, 0.2) is 24.5 Å². The van der Waals surface area contributed by atoms with Crippen molar-refractivity contribution in [2.24, 2.45) is 0 Å². The monoisotopic (exact) mass is 275 g/mol. The number of fused-ring (bicyclic) bond motifs is 1. The normalized spacial score (nSPS) is 11.6. The number of hydrogen-bond donors (Lipinski definition) is 2. The van der Waals surface area contributed by atoms with Gasteiger partial charge in [-0.1, -0.05) is 0 Å². The first-order valence-corrected chi connectivity index (χ1v) is 6.25. The maximum atomic E-state index is 12.2. The van der Waals surface area contributed by atoms with Crippen molar-refractivity contribution in [3.8, 4) is 0 Å². The smallest absolute Gasteiger partial charge is 0.329 e. The van der Waals surface area contributed by atoms with Gasteiger partial charge in [0.1, 0.15) is 11.2 Å². The molecule has 6 heteroatoms. The largest absolute Gasteiger partial charge is 0.480 e. The molecule has 2 aromatic heterocycles. The molecule has 1 amide bonds. The quantitative estimate of drug-likeness (QED) is 0.883. The predicted molar refractivity (Wildman–Crippen MR) is 74.3 cm³/mol. The number of rotatable bonds is 4. The number of pyridine rings is 1. The van der Waals surface area contributed by atoms with Crippen LogP contribution in [0.1, 0.15) is 19.4 Å². The Labute approximate surface area is 116 Å². The number of carbonyl (C=O) groups excluding carboxylic acids is 1. The highest BCUT2D eigenvalue weighted by Gasteiger charge is 2.35. The van der Waals surface area contributed by atoms with Crippen LogP contribution in [0.5, 0.6) is 0 Å². The molecule has 0 radical (unpaired) electrons. The molecule has 0 aliphatic carbocycles. The molecule has 0 spiro atoms. The number of aliphatic carboxylic acids is 1. The number of likely N-dealkylation sites (N-methyl/N-ethyl adjacent to an activating group) is 1. The van der Waals surface area contributed by atoms with Crippen LogP contribution >= 0.6 is 0 Å². The summed E-state index contributed by atoms with van der Waals surface area (Å²) in [4.78, 5) is 31.8. The molecule has 0 aromatic carbocycles. The Morgan fingerprint density at radius 1 is 1.45 bits per heavy atom. The van der Waals surface area contributed by atoms with Gasteiger partial charge in [-0.25, -0.2) is 9.78 Å². The average molecular weight is 275 g/mol. The SMILES string of the molecule is CN(C(=O)Cc1c[nH]c2ncccc12)C(C)(C)C(=O)O. The zero-order valence-corrected chi connectivity index (χ0v) is 11.7. The zero-order valence-electron chi connectivity index (χ0n) is 11.7. The fourth-order valence-corrected chi connectivity index (χ4v) is 1.90. The van der Waals surface area contributed by atoms with Gasteiger partial charge in [-0.05, 0) is 31.5 Å². The maximum absolute atomic E-state index is 12.2. The molecule has 0 aliphatic heterocycles. The summed E-state index contributed by atoms with van der Waals surface area (Å²) in [5, 5.41) is 10.0. The number of aromatic nitrogens is 2. The van der Waals surface area contributed by atoms with E-state index in [0.29, 0.717) is 0 Å². The van der Waals surface area contributed by atoms with E-state index < -0.39 is 11.5 Å². The molecule has 2 aromatic rings. The van der Waals surface area contributed by atoms with E-state index in [1.165, 1.54) is 25.8 Å². The topological polar surface area (TPSA) is 86.3 Å². The molecule has 0 atom stereocenters. The third-order valence-corrected chi connectivity index (χ3v) is 3.61. The van der Waals surface area contributed by atoms with E-state index in [9.17, 15) is 9.59 Å². The van der Waals surface area contributed by atoms with Gasteiger partial charge < -0.3 is 15.0 Å². The summed E-state index contributed by atoms with van der Waals surface area (Å²) in [7, 11) is 1.50. The first-order valence-electron chi connectivity index (χ1n) is 6.25. The van der Waals surface area contributed by atoms with Crippen LogP contribution in [-0.2, 0) is 16.0 Å². The molecule has 106 valence electrons. The Balaban J connectivity index is 2.22. The minimum atomic E-state index is -1.23. The van der Waals surface area contributed by atoms with Crippen LogP contribution < -0.4 is 0 Å². The Hall–Kier alpha value is -2.37. The number of amides is 1. The Morgan fingerprint density at radius 3 is 2.80 bits per heavy atom. The van der Waals surface area contributed by atoms with Crippen LogP contribution in [0, 0.1) is 0 Å². The van der Waals surface area contributed by atoms with Crippen molar-refractivity contribution in [3.63, 3.8) is 0 Å². The molecule has 0 aliphatic rings. The lowest BCUT2D eigenvalue weighted by atomic mass is 10.0. The summed E-state index contributed by atoms with van der Waals surface area (Å²) in [5.41, 5.74) is 0.295. The summed E-state index contributed by atoms with van der Waals surface area (Å²) in [6, 6.07) is 3.68. The number of H-pyrrole nitrogens is 1. The fraction of sp³-hybridized carbons (Fsp3) is 0.357. The molecule has 0 saturated carbocycles. The Bertz CT molecular complexity index is 660. The molecular weight excluding hydrogens is 258 g/mol. The van der Waals surface area contributed by atoms with Gasteiger partial charge in [0.15, 0.2) is 0 Å². The summed E-state index contributed by atoms with van der Waals surface area (Å²) >= 11 is 0. The van der Waals surface area contributed by atoms with E-state index in [4.69, 9.17) is 5.11 Å². The molecule has 0 saturated heterocycles. The van der Waals surface area contributed by atoms with Crippen molar-refractivity contribution in [2.45, 2.75) is 25.8 Å². The number of carboxylic acids is 1. The molecule has 6 nitrogen and oxygen atoms in total. The van der Waals surface area contributed by atoms with Gasteiger partial charge in [0, 0.05) is 24.8 Å². The molecule has 20 heavy (non-hydrogen) atoms. The Kier molecular flexibility index (Phi) is 3.48. The molecule has 0 unspecified atom stereocenters. The third kappa shape index (κ3) is 2.36. The van der Waals surface area contributed by atoms with Gasteiger partial charge in [-0.15, -0.1) is 0 Å². The highest BCUT2D eigenvalue weighted by molar-refractivity contribution is 5.90. The molecule has 2 N–H and O–H groups in total. The minimum absolute atomic E-state index is 0.138. The fourth-order valence-electron chi connectivity index (χ4n) is 1.90. The van der Waals surface area contributed by atoms with Crippen molar-refractivity contribution in [2.75, 3.05) is 7.05 Å². The molecule has 0 fully saturated rings. The van der Waals surface area contributed by atoms with Crippen LogP contribution in [-0.4, -0.2) is 44.4 Å². The number of nitrogens with one attached hydrogen (secondary N) is 1. The average Bonchev–Trinajstić information content (AvgIpc) is 2.81. The third-order valence-electron chi connectivity index (χ3n) is 3.61. The lowest BCUT2D eigenvalue weighted by molar-refractivity contribution is -0.155. The first-order chi connectivity index (χ1) is 9.34. The van der Waals surface area contributed by atoms with E-state index in [1.54, 1.807) is 18.5 Å². The summed E-state index contributed by atoms with van der Waals surface area (Å²) in [6.07, 6.45) is 3.54. The van der Waals surface area contributed by atoms with Gasteiger partial charge in [0.25, 0.3) is 0 Å². The predicted octanol–water partition coefficient (Wildman–Crippen LogP) is 1.43. The zero-order chi connectivity index (χ0) is 14.9. The first kappa shape index (κ1) is 14.0. The second kappa shape index (κ2) is 4.96. The lowest BCUT2D eigenvalue weighted by Gasteiger charge is -2.31.